The highest BCUT2D eigenvalue weighted by Crippen LogP contribution is 2.24. The van der Waals surface area contributed by atoms with Gasteiger partial charge < -0.3 is 10.2 Å². The maximum absolute atomic E-state index is 13.5. The van der Waals surface area contributed by atoms with E-state index in [9.17, 15) is 18.0 Å². The Labute approximate surface area is 197 Å². The molecule has 0 aliphatic rings. The number of amides is 2. The molecule has 0 aromatic heterocycles. The molecule has 0 heterocycles. The number of benzene rings is 2. The van der Waals surface area contributed by atoms with Gasteiger partial charge in [-0.05, 0) is 56.9 Å². The molecule has 0 fully saturated rings. The Morgan fingerprint density at radius 3 is 2.27 bits per heavy atom. The van der Waals surface area contributed by atoms with Crippen LogP contribution in [0.4, 0.5) is 5.69 Å². The molecule has 0 aliphatic heterocycles. The molecule has 0 bridgehead atoms. The smallest absolute Gasteiger partial charge is 0.244 e. The number of anilines is 1. The highest BCUT2D eigenvalue weighted by Gasteiger charge is 2.30. The SMILES string of the molecule is CCCNC(=O)[C@@H](C)N(Cc1ccccc1C)C(=O)CN(c1ccc(C)cc1C)S(C)(=O)=O. The van der Waals surface area contributed by atoms with Gasteiger partial charge in [0.05, 0.1) is 11.9 Å². The van der Waals surface area contributed by atoms with Crippen molar-refractivity contribution in [1.29, 1.82) is 0 Å². The third-order valence-corrected chi connectivity index (χ3v) is 6.75. The van der Waals surface area contributed by atoms with Crippen LogP contribution in [-0.2, 0) is 26.2 Å². The lowest BCUT2D eigenvalue weighted by molar-refractivity contribution is -0.139. The van der Waals surface area contributed by atoms with Gasteiger partial charge in [-0.15, -0.1) is 0 Å². The number of nitrogens with one attached hydrogen (secondary N) is 1. The molecule has 0 unspecified atom stereocenters. The first kappa shape index (κ1) is 26.4. The van der Waals surface area contributed by atoms with Gasteiger partial charge in [0.2, 0.25) is 21.8 Å². The summed E-state index contributed by atoms with van der Waals surface area (Å²) in [4.78, 5) is 27.7. The monoisotopic (exact) mass is 473 g/mol. The third kappa shape index (κ3) is 7.05. The molecule has 0 spiro atoms. The lowest BCUT2D eigenvalue weighted by atomic mass is 10.1. The molecule has 2 aromatic carbocycles. The van der Waals surface area contributed by atoms with E-state index >= 15 is 0 Å². The van der Waals surface area contributed by atoms with Crippen LogP contribution in [0.15, 0.2) is 42.5 Å². The first-order valence-electron chi connectivity index (χ1n) is 11.1. The van der Waals surface area contributed by atoms with E-state index in [1.165, 1.54) is 4.90 Å². The fraction of sp³-hybridized carbons (Fsp3) is 0.440. The summed E-state index contributed by atoms with van der Waals surface area (Å²) >= 11 is 0. The minimum Gasteiger partial charge on any atom is -0.354 e. The van der Waals surface area contributed by atoms with E-state index in [1.807, 2.05) is 64.1 Å². The van der Waals surface area contributed by atoms with Crippen molar-refractivity contribution >= 4 is 27.5 Å². The number of sulfonamides is 1. The number of hydrogen-bond acceptors (Lipinski definition) is 4. The van der Waals surface area contributed by atoms with Crippen LogP contribution >= 0.6 is 0 Å². The van der Waals surface area contributed by atoms with Gasteiger partial charge in [0.1, 0.15) is 12.6 Å². The second kappa shape index (κ2) is 11.3. The zero-order chi connectivity index (χ0) is 24.8. The van der Waals surface area contributed by atoms with Crippen LogP contribution in [0.3, 0.4) is 0 Å². The molecule has 0 saturated carbocycles. The predicted molar refractivity (Wildman–Crippen MR) is 133 cm³/mol. The number of carbonyl (C=O) groups excluding carboxylic acids is 2. The van der Waals surface area contributed by atoms with Gasteiger partial charge in [0.25, 0.3) is 0 Å². The largest absolute Gasteiger partial charge is 0.354 e. The number of rotatable bonds is 10. The number of hydrogen-bond donors (Lipinski definition) is 1. The molecule has 0 radical (unpaired) electrons. The molecular formula is C25H35N3O4S. The second-order valence-corrected chi connectivity index (χ2v) is 10.4. The molecule has 2 aromatic rings. The van der Waals surface area contributed by atoms with Gasteiger partial charge in [-0.3, -0.25) is 13.9 Å². The van der Waals surface area contributed by atoms with Gasteiger partial charge in [-0.2, -0.15) is 0 Å². The van der Waals surface area contributed by atoms with E-state index in [0.29, 0.717) is 12.2 Å². The minimum atomic E-state index is -3.74. The summed E-state index contributed by atoms with van der Waals surface area (Å²) in [6, 6.07) is 12.3. The van der Waals surface area contributed by atoms with E-state index in [0.717, 1.165) is 39.2 Å². The van der Waals surface area contributed by atoms with E-state index in [4.69, 9.17) is 0 Å². The topological polar surface area (TPSA) is 86.8 Å². The molecule has 2 amide bonds. The molecule has 8 heteroatoms. The van der Waals surface area contributed by atoms with Crippen molar-refractivity contribution in [1.82, 2.24) is 10.2 Å². The Morgan fingerprint density at radius 1 is 1.03 bits per heavy atom. The van der Waals surface area contributed by atoms with Gasteiger partial charge in [-0.25, -0.2) is 8.42 Å². The molecule has 7 nitrogen and oxygen atoms in total. The van der Waals surface area contributed by atoms with Gasteiger partial charge >= 0.3 is 0 Å². The fourth-order valence-electron chi connectivity index (χ4n) is 3.63. The zero-order valence-electron chi connectivity index (χ0n) is 20.4. The Balaban J connectivity index is 2.42. The van der Waals surface area contributed by atoms with Gasteiger partial charge in [0, 0.05) is 13.1 Å². The molecule has 33 heavy (non-hydrogen) atoms. The Hall–Kier alpha value is -2.87. The lowest BCUT2D eigenvalue weighted by Gasteiger charge is -2.32. The van der Waals surface area contributed by atoms with Crippen molar-refractivity contribution in [2.45, 2.75) is 53.6 Å². The molecular weight excluding hydrogens is 438 g/mol. The van der Waals surface area contributed by atoms with Crippen molar-refractivity contribution in [2.75, 3.05) is 23.7 Å². The summed E-state index contributed by atoms with van der Waals surface area (Å²) in [5, 5.41) is 2.83. The minimum absolute atomic E-state index is 0.205. The normalized spacial score (nSPS) is 12.2. The summed E-state index contributed by atoms with van der Waals surface area (Å²) < 4.78 is 26.4. The maximum Gasteiger partial charge on any atom is 0.244 e. The highest BCUT2D eigenvalue weighted by molar-refractivity contribution is 7.92. The summed E-state index contributed by atoms with van der Waals surface area (Å²) in [6.45, 7) is 9.63. The van der Waals surface area contributed by atoms with Crippen LogP contribution in [0.2, 0.25) is 0 Å². The second-order valence-electron chi connectivity index (χ2n) is 8.47. The van der Waals surface area contributed by atoms with Crippen LogP contribution in [-0.4, -0.2) is 50.5 Å². The van der Waals surface area contributed by atoms with Crippen LogP contribution in [0.5, 0.6) is 0 Å². The Bertz CT molecular complexity index is 1100. The maximum atomic E-state index is 13.5. The number of carbonyl (C=O) groups is 2. The van der Waals surface area contributed by atoms with Crippen LogP contribution in [0, 0.1) is 20.8 Å². The molecule has 180 valence electrons. The quantitative estimate of drug-likeness (QED) is 0.574. The Kier molecular flexibility index (Phi) is 9.05. The molecule has 2 rings (SSSR count). The van der Waals surface area contributed by atoms with E-state index in [1.54, 1.807) is 13.0 Å². The number of aryl methyl sites for hydroxylation is 3. The average molecular weight is 474 g/mol. The molecule has 1 N–H and O–H groups in total. The van der Waals surface area contributed by atoms with Crippen molar-refractivity contribution in [3.05, 3.63) is 64.7 Å². The predicted octanol–water partition coefficient (Wildman–Crippen LogP) is 3.32. The molecule has 1 atom stereocenters. The number of nitrogens with zero attached hydrogens (tertiary/aromatic N) is 2. The van der Waals surface area contributed by atoms with E-state index < -0.39 is 22.0 Å². The van der Waals surface area contributed by atoms with E-state index in [2.05, 4.69) is 5.32 Å². The zero-order valence-corrected chi connectivity index (χ0v) is 21.2. The summed E-state index contributed by atoms with van der Waals surface area (Å²) in [5.41, 5.74) is 4.10. The standard InChI is InChI=1S/C25H35N3O4S/c1-7-14-26-25(30)21(5)27(16-22-11-9-8-10-19(22)3)24(29)17-28(33(6,31)32)23-13-12-18(2)15-20(23)4/h8-13,15,21H,7,14,16-17H2,1-6H3,(H,26,30)/t21-/m1/s1. The van der Waals surface area contributed by atoms with Crippen LogP contribution < -0.4 is 9.62 Å². The van der Waals surface area contributed by atoms with Crippen LogP contribution in [0.25, 0.3) is 0 Å². The highest BCUT2D eigenvalue weighted by atomic mass is 32.2. The molecule has 0 saturated heterocycles. The van der Waals surface area contributed by atoms with E-state index in [-0.39, 0.29) is 19.0 Å². The van der Waals surface area contributed by atoms with Crippen LogP contribution in [0.1, 0.15) is 42.5 Å². The summed E-state index contributed by atoms with van der Waals surface area (Å²) in [7, 11) is -3.74. The van der Waals surface area contributed by atoms with Gasteiger partial charge in [0.15, 0.2) is 0 Å². The summed E-state index contributed by atoms with van der Waals surface area (Å²) in [6.07, 6.45) is 1.86. The van der Waals surface area contributed by atoms with Crippen molar-refractivity contribution < 1.29 is 18.0 Å². The van der Waals surface area contributed by atoms with Crippen molar-refractivity contribution in [2.24, 2.45) is 0 Å². The first-order chi connectivity index (χ1) is 15.5. The van der Waals surface area contributed by atoms with Gasteiger partial charge in [-0.1, -0.05) is 48.9 Å². The van der Waals surface area contributed by atoms with Crippen molar-refractivity contribution in [3.8, 4) is 0 Å². The fourth-order valence-corrected chi connectivity index (χ4v) is 4.54. The Morgan fingerprint density at radius 2 is 1.70 bits per heavy atom. The average Bonchev–Trinajstić information content (AvgIpc) is 2.74. The lowest BCUT2D eigenvalue weighted by Crippen LogP contribution is -2.51. The van der Waals surface area contributed by atoms with Crippen molar-refractivity contribution in [3.63, 3.8) is 0 Å². The summed E-state index contributed by atoms with van der Waals surface area (Å²) in [5.74, 6) is -0.709. The first-order valence-corrected chi connectivity index (χ1v) is 13.0. The molecule has 0 aliphatic carbocycles. The third-order valence-electron chi connectivity index (χ3n) is 5.62.